The molecule has 1 atom stereocenters. The van der Waals surface area contributed by atoms with Crippen LogP contribution in [-0.4, -0.2) is 6.61 Å². The third kappa shape index (κ3) is 0.881. The van der Waals surface area contributed by atoms with Gasteiger partial charge in [-0.25, -0.2) is 8.78 Å². The van der Waals surface area contributed by atoms with Crippen LogP contribution >= 0.6 is 0 Å². The largest absolute Gasteiger partial charge is 0.488 e. The van der Waals surface area contributed by atoms with Crippen LogP contribution in [0.5, 0.6) is 5.75 Å². The highest BCUT2D eigenvalue weighted by atomic mass is 19.1. The Balaban J connectivity index is 2.64. The highest BCUT2D eigenvalue weighted by Crippen LogP contribution is 2.35. The van der Waals surface area contributed by atoms with Gasteiger partial charge in [0.05, 0.1) is 11.6 Å². The molecular formula is C8H7F2NO. The Bertz CT molecular complexity index is 327. The van der Waals surface area contributed by atoms with Gasteiger partial charge in [0, 0.05) is 0 Å². The summed E-state index contributed by atoms with van der Waals surface area (Å²) in [4.78, 5) is 0. The van der Waals surface area contributed by atoms with E-state index in [1.807, 2.05) is 0 Å². The van der Waals surface area contributed by atoms with E-state index < -0.39 is 17.7 Å². The van der Waals surface area contributed by atoms with Gasteiger partial charge in [0.15, 0.2) is 11.6 Å². The minimum absolute atomic E-state index is 0.0394. The summed E-state index contributed by atoms with van der Waals surface area (Å²) in [7, 11) is 0. The number of fused-ring (bicyclic) bond motifs is 1. The second-order valence-corrected chi connectivity index (χ2v) is 2.69. The van der Waals surface area contributed by atoms with Crippen molar-refractivity contribution in [3.8, 4) is 5.75 Å². The topological polar surface area (TPSA) is 35.2 Å². The molecule has 1 aromatic rings. The van der Waals surface area contributed by atoms with E-state index in [0.717, 1.165) is 12.1 Å². The molecule has 64 valence electrons. The number of nitrogens with two attached hydrogens (primary N) is 1. The number of hydrogen-bond donors (Lipinski definition) is 1. The lowest BCUT2D eigenvalue weighted by Gasteiger charge is -2.01. The zero-order valence-corrected chi connectivity index (χ0v) is 6.18. The monoisotopic (exact) mass is 171 g/mol. The molecular weight excluding hydrogens is 164 g/mol. The molecule has 1 unspecified atom stereocenters. The van der Waals surface area contributed by atoms with Gasteiger partial charge in [-0.1, -0.05) is 0 Å². The van der Waals surface area contributed by atoms with Gasteiger partial charge in [0.1, 0.15) is 12.4 Å². The maximum Gasteiger partial charge on any atom is 0.165 e. The molecule has 1 aliphatic rings. The summed E-state index contributed by atoms with van der Waals surface area (Å²) in [5.74, 6) is -1.10. The fraction of sp³-hybridized carbons (Fsp3) is 0.250. The first kappa shape index (κ1) is 7.49. The minimum atomic E-state index is -0.556. The molecule has 1 aromatic carbocycles. The van der Waals surface area contributed by atoms with Crippen LogP contribution in [0.25, 0.3) is 0 Å². The average molecular weight is 171 g/mol. The third-order valence-corrected chi connectivity index (χ3v) is 1.87. The van der Waals surface area contributed by atoms with E-state index in [1.54, 1.807) is 0 Å². The van der Waals surface area contributed by atoms with E-state index in [9.17, 15) is 8.78 Å². The highest BCUT2D eigenvalue weighted by molar-refractivity contribution is 5.41. The first-order valence-corrected chi connectivity index (χ1v) is 3.56. The molecule has 0 radical (unpaired) electrons. The normalized spacial score (nSPS) is 20.4. The predicted molar refractivity (Wildman–Crippen MR) is 38.8 cm³/mol. The molecule has 0 spiro atoms. The van der Waals surface area contributed by atoms with Gasteiger partial charge in [-0.15, -0.1) is 0 Å². The van der Waals surface area contributed by atoms with Crippen molar-refractivity contribution in [3.05, 3.63) is 29.3 Å². The smallest absolute Gasteiger partial charge is 0.165 e. The molecule has 0 bridgehead atoms. The van der Waals surface area contributed by atoms with Crippen molar-refractivity contribution in [2.24, 2.45) is 5.73 Å². The van der Waals surface area contributed by atoms with Crippen molar-refractivity contribution in [1.29, 1.82) is 0 Å². The Morgan fingerprint density at radius 2 is 2.00 bits per heavy atom. The molecule has 1 heterocycles. The molecule has 2 rings (SSSR count). The van der Waals surface area contributed by atoms with E-state index in [2.05, 4.69) is 0 Å². The zero-order valence-electron chi connectivity index (χ0n) is 6.18. The molecule has 12 heavy (non-hydrogen) atoms. The zero-order chi connectivity index (χ0) is 8.72. The van der Waals surface area contributed by atoms with E-state index >= 15 is 0 Å². The van der Waals surface area contributed by atoms with Crippen LogP contribution in [0.2, 0.25) is 0 Å². The second kappa shape index (κ2) is 2.42. The molecule has 0 amide bonds. The lowest BCUT2D eigenvalue weighted by Crippen LogP contribution is -2.11. The summed E-state index contributed by atoms with van der Waals surface area (Å²) >= 11 is 0. The van der Waals surface area contributed by atoms with Crippen molar-refractivity contribution in [1.82, 2.24) is 0 Å². The standard InChI is InChI=1S/C8H7F2NO/c9-4-1-2-5(10)8-7(4)6(11)3-12-8/h1-2,6H,3,11H2. The van der Waals surface area contributed by atoms with Gasteiger partial charge in [-0.2, -0.15) is 0 Å². The lowest BCUT2D eigenvalue weighted by molar-refractivity contribution is 0.319. The summed E-state index contributed by atoms with van der Waals surface area (Å²) in [6.07, 6.45) is 0. The Hall–Kier alpha value is -1.16. The average Bonchev–Trinajstić information content (AvgIpc) is 2.42. The first-order valence-electron chi connectivity index (χ1n) is 3.56. The third-order valence-electron chi connectivity index (χ3n) is 1.87. The van der Waals surface area contributed by atoms with Gasteiger partial charge in [0.25, 0.3) is 0 Å². The Labute approximate surface area is 67.9 Å². The van der Waals surface area contributed by atoms with Gasteiger partial charge in [0.2, 0.25) is 0 Å². The Morgan fingerprint density at radius 1 is 1.33 bits per heavy atom. The van der Waals surface area contributed by atoms with Crippen LogP contribution in [-0.2, 0) is 0 Å². The number of halogens is 2. The number of ether oxygens (including phenoxy) is 1. The molecule has 1 aliphatic heterocycles. The molecule has 0 aliphatic carbocycles. The lowest BCUT2D eigenvalue weighted by atomic mass is 10.1. The first-order chi connectivity index (χ1) is 5.70. The van der Waals surface area contributed by atoms with E-state index in [0.29, 0.717) is 0 Å². The van der Waals surface area contributed by atoms with E-state index in [4.69, 9.17) is 10.5 Å². The Morgan fingerprint density at radius 3 is 2.67 bits per heavy atom. The van der Waals surface area contributed by atoms with Gasteiger partial charge in [-0.05, 0) is 12.1 Å². The maximum atomic E-state index is 13.0. The number of rotatable bonds is 0. The summed E-state index contributed by atoms with van der Waals surface area (Å²) in [6.45, 7) is 0.146. The van der Waals surface area contributed by atoms with Gasteiger partial charge >= 0.3 is 0 Å². The summed E-state index contributed by atoms with van der Waals surface area (Å²) < 4.78 is 30.8. The van der Waals surface area contributed by atoms with Crippen LogP contribution < -0.4 is 10.5 Å². The molecule has 0 aromatic heterocycles. The van der Waals surface area contributed by atoms with Crippen LogP contribution in [0.15, 0.2) is 12.1 Å². The van der Waals surface area contributed by atoms with Crippen molar-refractivity contribution in [2.75, 3.05) is 6.61 Å². The van der Waals surface area contributed by atoms with E-state index in [-0.39, 0.29) is 17.9 Å². The minimum Gasteiger partial charge on any atom is -0.488 e. The Kier molecular flexibility index (Phi) is 1.51. The van der Waals surface area contributed by atoms with E-state index in [1.165, 1.54) is 0 Å². The van der Waals surface area contributed by atoms with Gasteiger partial charge in [-0.3, -0.25) is 0 Å². The van der Waals surface area contributed by atoms with Crippen LogP contribution in [0.3, 0.4) is 0 Å². The molecule has 0 saturated carbocycles. The molecule has 2 N–H and O–H groups in total. The maximum absolute atomic E-state index is 13.0. The fourth-order valence-corrected chi connectivity index (χ4v) is 1.30. The van der Waals surface area contributed by atoms with Crippen LogP contribution in [0.4, 0.5) is 8.78 Å². The second-order valence-electron chi connectivity index (χ2n) is 2.69. The molecule has 4 heteroatoms. The number of benzene rings is 1. The van der Waals surface area contributed by atoms with Crippen molar-refractivity contribution in [2.45, 2.75) is 6.04 Å². The van der Waals surface area contributed by atoms with Crippen molar-refractivity contribution >= 4 is 0 Å². The number of hydrogen-bond acceptors (Lipinski definition) is 2. The van der Waals surface area contributed by atoms with Crippen LogP contribution in [0.1, 0.15) is 11.6 Å². The molecule has 0 fully saturated rings. The van der Waals surface area contributed by atoms with Crippen LogP contribution in [0, 0.1) is 11.6 Å². The highest BCUT2D eigenvalue weighted by Gasteiger charge is 2.27. The quantitative estimate of drug-likeness (QED) is 0.639. The molecule has 2 nitrogen and oxygen atoms in total. The SMILES string of the molecule is NC1COc2c(F)ccc(F)c21. The fourth-order valence-electron chi connectivity index (χ4n) is 1.30. The van der Waals surface area contributed by atoms with Crippen molar-refractivity contribution in [3.63, 3.8) is 0 Å². The van der Waals surface area contributed by atoms with Crippen molar-refractivity contribution < 1.29 is 13.5 Å². The predicted octanol–water partition coefficient (Wildman–Crippen LogP) is 1.36. The molecule has 0 saturated heterocycles. The summed E-state index contributed by atoms with van der Waals surface area (Å²) in [5, 5.41) is 0. The van der Waals surface area contributed by atoms with Gasteiger partial charge < -0.3 is 10.5 Å². The summed E-state index contributed by atoms with van der Waals surface area (Å²) in [5.41, 5.74) is 5.63. The summed E-state index contributed by atoms with van der Waals surface area (Å²) in [6, 6.07) is 1.55.